The van der Waals surface area contributed by atoms with E-state index in [9.17, 15) is 19.2 Å². The van der Waals surface area contributed by atoms with Gasteiger partial charge in [-0.2, -0.15) is 0 Å². The van der Waals surface area contributed by atoms with Crippen molar-refractivity contribution in [2.24, 2.45) is 41.4 Å². The number of imide groups is 1. The Morgan fingerprint density at radius 3 is 2.21 bits per heavy atom. The lowest BCUT2D eigenvalue weighted by atomic mass is 9.63. The molecule has 0 unspecified atom stereocenters. The first-order valence-corrected chi connectivity index (χ1v) is 13.6. The average molecular weight is 511 g/mol. The quantitative estimate of drug-likeness (QED) is 0.262. The van der Waals surface area contributed by atoms with E-state index in [2.05, 4.69) is 19.1 Å². The van der Waals surface area contributed by atoms with Crippen LogP contribution in [0.25, 0.3) is 0 Å². The molecule has 3 amide bonds. The minimum absolute atomic E-state index is 0.101. The molecule has 2 heterocycles. The van der Waals surface area contributed by atoms with Gasteiger partial charge in [0.1, 0.15) is 5.75 Å². The van der Waals surface area contributed by atoms with Gasteiger partial charge < -0.3 is 9.64 Å². The summed E-state index contributed by atoms with van der Waals surface area (Å²) in [5, 5.41) is 0. The number of ether oxygens (including phenoxy) is 1. The van der Waals surface area contributed by atoms with Crippen LogP contribution in [0.15, 0.2) is 54.6 Å². The van der Waals surface area contributed by atoms with E-state index in [1.807, 2.05) is 31.2 Å². The van der Waals surface area contributed by atoms with Crippen LogP contribution in [0.2, 0.25) is 0 Å². The summed E-state index contributed by atoms with van der Waals surface area (Å²) in [5.41, 5.74) is 3.22. The van der Waals surface area contributed by atoms with Crippen molar-refractivity contribution in [3.05, 3.63) is 65.7 Å². The van der Waals surface area contributed by atoms with Gasteiger partial charge in [-0.05, 0) is 84.9 Å². The summed E-state index contributed by atoms with van der Waals surface area (Å²) < 4.78 is 5.66. The number of nitrogens with zero attached hydrogens (tertiary/aromatic N) is 2. The zero-order valence-electron chi connectivity index (χ0n) is 21.5. The van der Waals surface area contributed by atoms with Gasteiger partial charge in [0.2, 0.25) is 17.7 Å². The molecule has 4 fully saturated rings. The molecule has 4 aliphatic carbocycles. The lowest BCUT2D eigenvalue weighted by Gasteiger charge is -2.37. The van der Waals surface area contributed by atoms with Crippen molar-refractivity contribution in [1.82, 2.24) is 0 Å². The van der Waals surface area contributed by atoms with E-state index >= 15 is 0 Å². The molecule has 0 aromatic heterocycles. The highest BCUT2D eigenvalue weighted by atomic mass is 16.5. The molecule has 0 radical (unpaired) electrons. The van der Waals surface area contributed by atoms with Crippen molar-refractivity contribution in [1.29, 1.82) is 0 Å². The number of anilines is 2. The van der Waals surface area contributed by atoms with Gasteiger partial charge in [0.05, 0.1) is 23.4 Å². The van der Waals surface area contributed by atoms with Gasteiger partial charge in [-0.3, -0.25) is 19.2 Å². The fraction of sp³-hybridized carbons (Fsp3) is 0.419. The number of carbonyl (C=O) groups is 4. The maximum Gasteiger partial charge on any atom is 0.316 e. The number of amides is 3. The largest absolute Gasteiger partial charge is 0.426 e. The first-order chi connectivity index (χ1) is 18.4. The highest BCUT2D eigenvalue weighted by Crippen LogP contribution is 2.65. The third kappa shape index (κ3) is 3.40. The predicted octanol–water partition coefficient (Wildman–Crippen LogP) is 4.07. The van der Waals surface area contributed by atoms with Crippen LogP contribution in [-0.4, -0.2) is 30.2 Å². The third-order valence-electron chi connectivity index (χ3n) is 9.41. The van der Waals surface area contributed by atoms with E-state index in [1.54, 1.807) is 23.1 Å². The number of carbonyl (C=O) groups excluding carboxylic acids is 4. The van der Waals surface area contributed by atoms with Gasteiger partial charge in [-0.1, -0.05) is 31.2 Å². The summed E-state index contributed by atoms with van der Waals surface area (Å²) in [6.07, 6.45) is 6.48. The summed E-state index contributed by atoms with van der Waals surface area (Å²) in [6, 6.07) is 12.8. The molecule has 2 aliphatic heterocycles. The zero-order valence-corrected chi connectivity index (χ0v) is 21.5. The van der Waals surface area contributed by atoms with E-state index in [-0.39, 0.29) is 54.4 Å². The second-order valence-electron chi connectivity index (χ2n) is 11.5. The number of allylic oxidation sites excluding steroid dienone is 2. The minimum atomic E-state index is -0.562. The van der Waals surface area contributed by atoms with Crippen molar-refractivity contribution in [3.63, 3.8) is 0 Å². The lowest BCUT2D eigenvalue weighted by Crippen LogP contribution is -2.40. The van der Waals surface area contributed by atoms with Crippen LogP contribution >= 0.6 is 0 Å². The normalized spacial score (nSPS) is 32.6. The summed E-state index contributed by atoms with van der Waals surface area (Å²) in [4.78, 5) is 55.5. The Labute approximate surface area is 221 Å². The molecule has 8 rings (SSSR count). The molecule has 194 valence electrons. The second-order valence-corrected chi connectivity index (χ2v) is 11.5. The Hall–Kier alpha value is -3.74. The molecule has 2 saturated carbocycles. The molecule has 2 bridgehead atoms. The topological polar surface area (TPSA) is 84.0 Å². The van der Waals surface area contributed by atoms with Crippen molar-refractivity contribution in [2.45, 2.75) is 33.1 Å². The Bertz CT molecular complexity index is 1380. The lowest BCUT2D eigenvalue weighted by molar-refractivity contribution is -0.139. The molecule has 7 nitrogen and oxygen atoms in total. The number of esters is 1. The average Bonchev–Trinajstić information content (AvgIpc) is 3.60. The Morgan fingerprint density at radius 1 is 0.947 bits per heavy atom. The van der Waals surface area contributed by atoms with E-state index in [0.29, 0.717) is 28.8 Å². The van der Waals surface area contributed by atoms with Crippen LogP contribution in [0.5, 0.6) is 5.75 Å². The standard InChI is InChI=1S/C31H30N2O5/c1-3-17-4-6-19(7-5-17)32-15-18(13-26(32)34)31(37)38-20-8-11-25(16(2)12-20)33-29(35)27-21-9-10-22(24-14-23(21)24)28(27)30(33)36/h4-12,18,21-24,27-28H,3,13-15H2,1-2H3/t18-,21+,22+,23-,24+,27-,28+/m1/s1. The Morgan fingerprint density at radius 2 is 1.61 bits per heavy atom. The van der Waals surface area contributed by atoms with E-state index in [1.165, 1.54) is 10.5 Å². The zero-order chi connectivity index (χ0) is 26.3. The predicted molar refractivity (Wildman–Crippen MR) is 140 cm³/mol. The molecule has 0 spiro atoms. The minimum Gasteiger partial charge on any atom is -0.426 e. The molecule has 0 N–H and O–H groups in total. The van der Waals surface area contributed by atoms with Gasteiger partial charge in [0, 0.05) is 18.7 Å². The molecule has 38 heavy (non-hydrogen) atoms. The number of aryl methyl sites for hydroxylation is 2. The molecular weight excluding hydrogens is 480 g/mol. The summed E-state index contributed by atoms with van der Waals surface area (Å²) in [5.74, 6) is -0.0239. The molecule has 2 saturated heterocycles. The SMILES string of the molecule is CCc1ccc(N2C[C@H](C(=O)Oc3ccc(N4C(=O)[C@@H]5[C@H]6C=C[C@@H]([C@@H]7C[C@H]67)[C@@H]5C4=O)c(C)c3)CC2=O)cc1. The van der Waals surface area contributed by atoms with E-state index in [0.717, 1.165) is 18.5 Å². The molecule has 2 aromatic rings. The number of rotatable bonds is 5. The monoisotopic (exact) mass is 510 g/mol. The second kappa shape index (κ2) is 8.38. The highest BCUT2D eigenvalue weighted by molar-refractivity contribution is 6.23. The van der Waals surface area contributed by atoms with Gasteiger partial charge >= 0.3 is 5.97 Å². The first kappa shape index (κ1) is 23.4. The van der Waals surface area contributed by atoms with Crippen molar-refractivity contribution >= 4 is 35.1 Å². The van der Waals surface area contributed by atoms with Gasteiger partial charge in [-0.25, -0.2) is 4.90 Å². The van der Waals surface area contributed by atoms with Crippen molar-refractivity contribution in [2.75, 3.05) is 16.3 Å². The van der Waals surface area contributed by atoms with Crippen LogP contribution in [-0.2, 0) is 25.6 Å². The Balaban J connectivity index is 1.05. The van der Waals surface area contributed by atoms with Crippen LogP contribution < -0.4 is 14.5 Å². The summed E-state index contributed by atoms with van der Waals surface area (Å²) in [6.45, 7) is 4.17. The molecule has 2 aromatic carbocycles. The van der Waals surface area contributed by atoms with Crippen LogP contribution in [0.4, 0.5) is 11.4 Å². The maximum atomic E-state index is 13.5. The highest BCUT2D eigenvalue weighted by Gasteiger charge is 2.67. The molecule has 7 heteroatoms. The van der Waals surface area contributed by atoms with E-state index in [4.69, 9.17) is 4.74 Å². The smallest absolute Gasteiger partial charge is 0.316 e. The van der Waals surface area contributed by atoms with Crippen molar-refractivity contribution < 1.29 is 23.9 Å². The third-order valence-corrected chi connectivity index (χ3v) is 9.41. The fourth-order valence-electron chi connectivity index (χ4n) is 7.36. The molecular formula is C31H30N2O5. The van der Waals surface area contributed by atoms with Crippen LogP contribution in [0, 0.1) is 48.3 Å². The Kier molecular flexibility index (Phi) is 5.16. The van der Waals surface area contributed by atoms with Crippen LogP contribution in [0.3, 0.4) is 0 Å². The summed E-state index contributed by atoms with van der Waals surface area (Å²) >= 11 is 0. The molecule has 6 aliphatic rings. The summed E-state index contributed by atoms with van der Waals surface area (Å²) in [7, 11) is 0. The van der Waals surface area contributed by atoms with Gasteiger partial charge in [-0.15, -0.1) is 0 Å². The van der Waals surface area contributed by atoms with E-state index < -0.39 is 11.9 Å². The van der Waals surface area contributed by atoms with Gasteiger partial charge in [0.15, 0.2) is 0 Å². The number of hydrogen-bond donors (Lipinski definition) is 0. The van der Waals surface area contributed by atoms with Crippen molar-refractivity contribution in [3.8, 4) is 5.75 Å². The fourth-order valence-corrected chi connectivity index (χ4v) is 7.36. The molecule has 7 atom stereocenters. The number of hydrogen-bond acceptors (Lipinski definition) is 5. The maximum absolute atomic E-state index is 13.5. The van der Waals surface area contributed by atoms with Gasteiger partial charge in [0.25, 0.3) is 0 Å². The van der Waals surface area contributed by atoms with Crippen LogP contribution in [0.1, 0.15) is 30.9 Å². The number of benzene rings is 2. The first-order valence-electron chi connectivity index (χ1n) is 13.6.